The summed E-state index contributed by atoms with van der Waals surface area (Å²) in [6.45, 7) is 6.26. The van der Waals surface area contributed by atoms with Gasteiger partial charge in [-0.2, -0.15) is 0 Å². The number of aryl methyl sites for hydroxylation is 1. The lowest BCUT2D eigenvalue weighted by molar-refractivity contribution is -0.118. The largest absolute Gasteiger partial charge is 0.483 e. The van der Waals surface area contributed by atoms with E-state index in [0.717, 1.165) is 27.5 Å². The van der Waals surface area contributed by atoms with Crippen LogP contribution in [0.15, 0.2) is 47.4 Å². The highest BCUT2D eigenvalue weighted by Gasteiger charge is 2.11. The van der Waals surface area contributed by atoms with E-state index in [-0.39, 0.29) is 12.5 Å². The van der Waals surface area contributed by atoms with Crippen molar-refractivity contribution in [2.75, 3.05) is 18.2 Å². The van der Waals surface area contributed by atoms with Crippen LogP contribution in [0.5, 0.6) is 5.75 Å². The number of hydrogen-bond acceptors (Lipinski definition) is 3. The minimum Gasteiger partial charge on any atom is -0.483 e. The van der Waals surface area contributed by atoms with Crippen molar-refractivity contribution in [1.29, 1.82) is 0 Å². The van der Waals surface area contributed by atoms with Gasteiger partial charge in [-0.05, 0) is 48.4 Å². The molecule has 2 aromatic rings. The molecule has 0 radical (unpaired) electrons. The summed E-state index contributed by atoms with van der Waals surface area (Å²) in [6, 6.07) is 13.9. The second-order valence-corrected chi connectivity index (χ2v) is 6.58. The first-order valence-corrected chi connectivity index (χ1v) is 8.90. The van der Waals surface area contributed by atoms with Gasteiger partial charge in [0.1, 0.15) is 5.75 Å². The van der Waals surface area contributed by atoms with Gasteiger partial charge in [-0.15, -0.1) is 11.8 Å². The van der Waals surface area contributed by atoms with Gasteiger partial charge < -0.3 is 10.1 Å². The van der Waals surface area contributed by atoms with Crippen LogP contribution >= 0.6 is 11.8 Å². The smallest absolute Gasteiger partial charge is 0.262 e. The van der Waals surface area contributed by atoms with E-state index in [1.165, 1.54) is 0 Å². The van der Waals surface area contributed by atoms with Gasteiger partial charge in [0.05, 0.1) is 5.69 Å². The fourth-order valence-corrected chi connectivity index (χ4v) is 2.87. The van der Waals surface area contributed by atoms with Gasteiger partial charge in [0, 0.05) is 4.90 Å². The fourth-order valence-electron chi connectivity index (χ4n) is 2.32. The Morgan fingerprint density at radius 3 is 2.65 bits per heavy atom. The molecule has 2 rings (SSSR count). The molecule has 1 N–H and O–H groups in total. The van der Waals surface area contributed by atoms with Crippen molar-refractivity contribution in [2.24, 2.45) is 0 Å². The molecule has 0 saturated heterocycles. The Morgan fingerprint density at radius 2 is 1.96 bits per heavy atom. The van der Waals surface area contributed by atoms with Crippen LogP contribution in [0.2, 0.25) is 0 Å². The zero-order valence-corrected chi connectivity index (χ0v) is 14.9. The average Bonchev–Trinajstić information content (AvgIpc) is 2.53. The minimum absolute atomic E-state index is 0.00584. The normalized spacial score (nSPS) is 10.7. The summed E-state index contributed by atoms with van der Waals surface area (Å²) in [5, 5.41) is 2.91. The van der Waals surface area contributed by atoms with Crippen molar-refractivity contribution in [1.82, 2.24) is 0 Å². The van der Waals surface area contributed by atoms with Gasteiger partial charge in [-0.25, -0.2) is 0 Å². The Labute approximate surface area is 142 Å². The van der Waals surface area contributed by atoms with Gasteiger partial charge in [0.15, 0.2) is 6.61 Å². The number of thioether (sulfide) groups is 1. The predicted octanol–water partition coefficient (Wildman–Crippen LogP) is 4.86. The maximum atomic E-state index is 12.2. The SMILES string of the molecule is CSc1ccccc1NC(=O)COc1cc(C)ccc1C(C)C. The molecule has 0 saturated carbocycles. The van der Waals surface area contributed by atoms with Gasteiger partial charge in [0.2, 0.25) is 0 Å². The Bertz CT molecular complexity index is 683. The summed E-state index contributed by atoms with van der Waals surface area (Å²) in [5.74, 6) is 0.988. The summed E-state index contributed by atoms with van der Waals surface area (Å²) in [7, 11) is 0. The van der Waals surface area contributed by atoms with Crippen molar-refractivity contribution in [3.05, 3.63) is 53.6 Å². The summed E-state index contributed by atoms with van der Waals surface area (Å²) in [6.07, 6.45) is 1.99. The van der Waals surface area contributed by atoms with Crippen molar-refractivity contribution < 1.29 is 9.53 Å². The van der Waals surface area contributed by atoms with Crippen LogP contribution < -0.4 is 10.1 Å². The summed E-state index contributed by atoms with van der Waals surface area (Å²) in [4.78, 5) is 13.2. The molecule has 0 unspecified atom stereocenters. The van der Waals surface area contributed by atoms with Gasteiger partial charge in [-0.1, -0.05) is 38.1 Å². The summed E-state index contributed by atoms with van der Waals surface area (Å²) in [5.41, 5.74) is 3.06. The van der Waals surface area contributed by atoms with Crippen LogP contribution in [0, 0.1) is 6.92 Å². The van der Waals surface area contributed by atoms with Crippen LogP contribution in [-0.2, 0) is 4.79 Å². The Morgan fingerprint density at radius 1 is 1.22 bits per heavy atom. The van der Waals surface area contributed by atoms with Crippen LogP contribution in [-0.4, -0.2) is 18.8 Å². The van der Waals surface area contributed by atoms with E-state index in [0.29, 0.717) is 5.92 Å². The van der Waals surface area contributed by atoms with Gasteiger partial charge in [0.25, 0.3) is 5.91 Å². The number of rotatable bonds is 6. The lowest BCUT2D eigenvalue weighted by atomic mass is 10.0. The molecule has 0 spiro atoms. The molecular formula is C19H23NO2S. The third-order valence-electron chi connectivity index (χ3n) is 3.53. The number of anilines is 1. The van der Waals surface area contributed by atoms with Crippen molar-refractivity contribution in [3.8, 4) is 5.75 Å². The Balaban J connectivity index is 2.03. The van der Waals surface area contributed by atoms with E-state index in [1.54, 1.807) is 11.8 Å². The molecule has 23 heavy (non-hydrogen) atoms. The number of carbonyl (C=O) groups excluding carboxylic acids is 1. The zero-order chi connectivity index (χ0) is 16.8. The first-order chi connectivity index (χ1) is 11.0. The van der Waals surface area contributed by atoms with E-state index < -0.39 is 0 Å². The molecule has 0 bridgehead atoms. The molecule has 3 nitrogen and oxygen atoms in total. The minimum atomic E-state index is -0.150. The molecule has 1 amide bonds. The topological polar surface area (TPSA) is 38.3 Å². The van der Waals surface area contributed by atoms with Crippen LogP contribution in [0.4, 0.5) is 5.69 Å². The van der Waals surface area contributed by atoms with E-state index in [4.69, 9.17) is 4.74 Å². The number of hydrogen-bond donors (Lipinski definition) is 1. The Hall–Kier alpha value is -1.94. The highest BCUT2D eigenvalue weighted by molar-refractivity contribution is 7.98. The van der Waals surface area contributed by atoms with Crippen LogP contribution in [0.1, 0.15) is 30.9 Å². The lowest BCUT2D eigenvalue weighted by Gasteiger charge is -2.15. The number of benzene rings is 2. The van der Waals surface area contributed by atoms with Gasteiger partial charge >= 0.3 is 0 Å². The predicted molar refractivity (Wildman–Crippen MR) is 97.6 cm³/mol. The molecule has 0 fully saturated rings. The monoisotopic (exact) mass is 329 g/mol. The number of para-hydroxylation sites is 1. The second kappa shape index (κ2) is 8.06. The average molecular weight is 329 g/mol. The molecule has 2 aromatic carbocycles. The molecule has 0 aliphatic rings. The summed E-state index contributed by atoms with van der Waals surface area (Å²) < 4.78 is 5.77. The van der Waals surface area contributed by atoms with E-state index in [2.05, 4.69) is 31.3 Å². The fraction of sp³-hybridized carbons (Fsp3) is 0.316. The van der Waals surface area contributed by atoms with Crippen LogP contribution in [0.3, 0.4) is 0 Å². The third kappa shape index (κ3) is 4.76. The molecule has 0 atom stereocenters. The first kappa shape index (κ1) is 17.4. The highest BCUT2D eigenvalue weighted by Crippen LogP contribution is 2.28. The van der Waals surface area contributed by atoms with Crippen molar-refractivity contribution >= 4 is 23.4 Å². The maximum Gasteiger partial charge on any atom is 0.262 e. The molecule has 0 aromatic heterocycles. The van der Waals surface area contributed by atoms with Gasteiger partial charge in [-0.3, -0.25) is 4.79 Å². The number of nitrogens with one attached hydrogen (secondary N) is 1. The molecule has 0 heterocycles. The highest BCUT2D eigenvalue weighted by atomic mass is 32.2. The summed E-state index contributed by atoms with van der Waals surface area (Å²) >= 11 is 1.60. The number of amides is 1. The van der Waals surface area contributed by atoms with E-state index >= 15 is 0 Å². The van der Waals surface area contributed by atoms with Crippen LogP contribution in [0.25, 0.3) is 0 Å². The number of ether oxygens (including phenoxy) is 1. The molecule has 0 aliphatic carbocycles. The van der Waals surface area contributed by atoms with E-state index in [9.17, 15) is 4.79 Å². The molecule has 4 heteroatoms. The first-order valence-electron chi connectivity index (χ1n) is 7.67. The molecular weight excluding hydrogens is 306 g/mol. The van der Waals surface area contributed by atoms with E-state index in [1.807, 2.05) is 43.5 Å². The van der Waals surface area contributed by atoms with Crippen molar-refractivity contribution in [2.45, 2.75) is 31.6 Å². The maximum absolute atomic E-state index is 12.2. The number of carbonyl (C=O) groups is 1. The quantitative estimate of drug-likeness (QED) is 0.769. The second-order valence-electron chi connectivity index (χ2n) is 5.73. The van der Waals surface area contributed by atoms with Crippen molar-refractivity contribution in [3.63, 3.8) is 0 Å². The zero-order valence-electron chi connectivity index (χ0n) is 14.1. The lowest BCUT2D eigenvalue weighted by Crippen LogP contribution is -2.21. The Kier molecular flexibility index (Phi) is 6.11. The third-order valence-corrected chi connectivity index (χ3v) is 4.33. The molecule has 122 valence electrons. The standard InChI is InChI=1S/C19H23NO2S/c1-13(2)15-10-9-14(3)11-17(15)22-12-19(21)20-16-7-5-6-8-18(16)23-4/h5-11,13H,12H2,1-4H3,(H,20,21). The molecule has 0 aliphatic heterocycles.